The van der Waals surface area contributed by atoms with E-state index in [9.17, 15) is 4.39 Å². The van der Waals surface area contributed by atoms with Crippen LogP contribution in [0.2, 0.25) is 0 Å². The Morgan fingerprint density at radius 3 is 2.65 bits per heavy atom. The Bertz CT molecular complexity index is 1240. The van der Waals surface area contributed by atoms with Gasteiger partial charge in [-0.3, -0.25) is 4.98 Å². The summed E-state index contributed by atoms with van der Waals surface area (Å²) in [4.78, 5) is 13.0. The topological polar surface area (TPSA) is 69.1 Å². The number of aromatic nitrogens is 5. The van der Waals surface area contributed by atoms with Crippen LogP contribution in [0.15, 0.2) is 48.0 Å². The average Bonchev–Trinajstić information content (AvgIpc) is 3.25. The van der Waals surface area contributed by atoms with E-state index in [-0.39, 0.29) is 11.2 Å². The molecule has 0 aromatic carbocycles. The Labute approximate surface area is 179 Å². The minimum Gasteiger partial charge on any atom is -0.339 e. The third kappa shape index (κ3) is 3.14. The molecule has 0 radical (unpaired) electrons. The summed E-state index contributed by atoms with van der Waals surface area (Å²) in [6.07, 6.45) is 17.1. The van der Waals surface area contributed by atoms with Gasteiger partial charge in [-0.1, -0.05) is 12.1 Å². The molecule has 0 saturated heterocycles. The van der Waals surface area contributed by atoms with Crippen molar-refractivity contribution in [1.29, 1.82) is 0 Å². The molecule has 2 saturated carbocycles. The van der Waals surface area contributed by atoms with Crippen molar-refractivity contribution >= 4 is 5.52 Å². The molecule has 0 unspecified atom stereocenters. The Morgan fingerprint density at radius 2 is 1.90 bits per heavy atom. The zero-order valence-electron chi connectivity index (χ0n) is 17.5. The molecule has 0 amide bonds. The van der Waals surface area contributed by atoms with Crippen LogP contribution in [0, 0.1) is 5.82 Å². The van der Waals surface area contributed by atoms with Gasteiger partial charge in [0.15, 0.2) is 6.33 Å². The number of nitrogens with zero attached hydrogens (tertiary/aromatic N) is 5. The van der Waals surface area contributed by atoms with Crippen molar-refractivity contribution in [2.45, 2.75) is 62.7 Å². The van der Waals surface area contributed by atoms with E-state index in [2.05, 4.69) is 27.0 Å². The molecule has 6 nitrogen and oxygen atoms in total. The molecule has 4 heterocycles. The molecular formula is C24H24FN5O. The number of imidazole rings is 1. The van der Waals surface area contributed by atoms with Gasteiger partial charge in [-0.15, -0.1) is 0 Å². The zero-order chi connectivity index (χ0) is 21.0. The highest BCUT2D eigenvalue weighted by Gasteiger charge is 2.39. The first-order valence-electron chi connectivity index (χ1n) is 11.0. The Morgan fingerprint density at radius 1 is 1.06 bits per heavy atom. The van der Waals surface area contributed by atoms with Crippen molar-refractivity contribution < 1.29 is 8.91 Å². The van der Waals surface area contributed by atoms with Crippen LogP contribution < -0.4 is 0 Å². The monoisotopic (exact) mass is 417 g/mol. The fourth-order valence-corrected chi connectivity index (χ4v) is 5.23. The van der Waals surface area contributed by atoms with Crippen LogP contribution in [0.1, 0.15) is 74.3 Å². The maximum Gasteiger partial charge on any atom is 0.232 e. The number of pyridine rings is 2. The van der Waals surface area contributed by atoms with E-state index in [1.165, 1.54) is 30.3 Å². The van der Waals surface area contributed by atoms with Crippen LogP contribution in [0.3, 0.4) is 0 Å². The number of hydrogen-bond donors (Lipinski definition) is 0. The van der Waals surface area contributed by atoms with Gasteiger partial charge in [0.25, 0.3) is 0 Å². The molecule has 2 fully saturated rings. The van der Waals surface area contributed by atoms with Crippen molar-refractivity contribution in [3.8, 4) is 11.1 Å². The van der Waals surface area contributed by atoms with Gasteiger partial charge < -0.3 is 8.92 Å². The first-order valence-corrected chi connectivity index (χ1v) is 11.0. The van der Waals surface area contributed by atoms with Gasteiger partial charge in [0.2, 0.25) is 5.89 Å². The fraction of sp³-hybridized carbons (Fsp3) is 0.417. The zero-order valence-corrected chi connectivity index (χ0v) is 17.5. The molecule has 0 atom stereocenters. The SMILES string of the molecule is CC1(c2ncno2)CCC(c2cncc(-c3cc(F)c4cncn4c3)c2C2CC2)CC1. The second-order valence-corrected chi connectivity index (χ2v) is 9.31. The second-order valence-electron chi connectivity index (χ2n) is 9.31. The first-order chi connectivity index (χ1) is 15.1. The molecule has 31 heavy (non-hydrogen) atoms. The van der Waals surface area contributed by atoms with E-state index in [0.29, 0.717) is 17.4 Å². The van der Waals surface area contributed by atoms with Crippen LogP contribution in [0.25, 0.3) is 16.6 Å². The van der Waals surface area contributed by atoms with Crippen LogP contribution >= 0.6 is 0 Å². The molecule has 0 N–H and O–H groups in total. The standard InChI is InChI=1S/C24H24FN5O/c1-24(23-28-13-29-31-23)6-4-15(5-7-24)18-9-26-10-19(22(18)16-2-3-16)17-8-20(25)21-11-27-14-30(21)12-17/h8-16H,2-7H2,1H3. The summed E-state index contributed by atoms with van der Waals surface area (Å²) in [5.74, 6) is 1.47. The number of hydrogen-bond acceptors (Lipinski definition) is 5. The lowest BCUT2D eigenvalue weighted by atomic mass is 9.69. The third-order valence-electron chi connectivity index (χ3n) is 7.19. The molecule has 7 heteroatoms. The second kappa shape index (κ2) is 6.97. The van der Waals surface area contributed by atoms with Crippen molar-refractivity contribution in [3.05, 3.63) is 66.3 Å². The average molecular weight is 417 g/mol. The van der Waals surface area contributed by atoms with Gasteiger partial charge in [-0.2, -0.15) is 4.98 Å². The molecule has 4 aromatic heterocycles. The third-order valence-corrected chi connectivity index (χ3v) is 7.19. The maximum atomic E-state index is 14.7. The molecule has 158 valence electrons. The predicted octanol–water partition coefficient (Wildman–Crippen LogP) is 5.41. The molecule has 4 aromatic rings. The van der Waals surface area contributed by atoms with Gasteiger partial charge in [0, 0.05) is 35.1 Å². The molecule has 2 aliphatic carbocycles. The molecule has 0 bridgehead atoms. The summed E-state index contributed by atoms with van der Waals surface area (Å²) in [6, 6.07) is 1.62. The van der Waals surface area contributed by atoms with Crippen molar-refractivity contribution in [2.75, 3.05) is 0 Å². The Balaban J connectivity index is 1.37. The summed E-state index contributed by atoms with van der Waals surface area (Å²) in [6.45, 7) is 2.22. The van der Waals surface area contributed by atoms with Gasteiger partial charge in [0.1, 0.15) is 11.3 Å². The van der Waals surface area contributed by atoms with E-state index in [0.717, 1.165) is 42.7 Å². The number of rotatable bonds is 4. The smallest absolute Gasteiger partial charge is 0.232 e. The lowest BCUT2D eigenvalue weighted by molar-refractivity contribution is 0.218. The lowest BCUT2D eigenvalue weighted by Crippen LogP contribution is -2.28. The van der Waals surface area contributed by atoms with E-state index in [1.807, 2.05) is 18.6 Å². The van der Waals surface area contributed by atoms with Crippen LogP contribution in [-0.2, 0) is 5.41 Å². The highest BCUT2D eigenvalue weighted by molar-refractivity contribution is 5.71. The highest BCUT2D eigenvalue weighted by Crippen LogP contribution is 2.51. The van der Waals surface area contributed by atoms with Gasteiger partial charge in [0.05, 0.1) is 12.5 Å². The number of fused-ring (bicyclic) bond motifs is 1. The Hall–Kier alpha value is -3.09. The molecule has 2 aliphatic rings. The fourth-order valence-electron chi connectivity index (χ4n) is 5.23. The maximum absolute atomic E-state index is 14.7. The quantitative estimate of drug-likeness (QED) is 0.444. The van der Waals surface area contributed by atoms with Crippen LogP contribution in [-0.4, -0.2) is 24.5 Å². The summed E-state index contributed by atoms with van der Waals surface area (Å²) in [7, 11) is 0. The largest absolute Gasteiger partial charge is 0.339 e. The minimum atomic E-state index is -0.254. The van der Waals surface area contributed by atoms with E-state index in [1.54, 1.807) is 23.0 Å². The summed E-state index contributed by atoms with van der Waals surface area (Å²) < 4.78 is 21.8. The van der Waals surface area contributed by atoms with Crippen molar-refractivity contribution in [1.82, 2.24) is 24.5 Å². The lowest BCUT2D eigenvalue weighted by Gasteiger charge is -2.35. The summed E-state index contributed by atoms with van der Waals surface area (Å²) in [5, 5.41) is 3.80. The summed E-state index contributed by atoms with van der Waals surface area (Å²) in [5.41, 5.74) is 5.05. The Kier molecular flexibility index (Phi) is 4.20. The molecule has 0 aliphatic heterocycles. The predicted molar refractivity (Wildman–Crippen MR) is 113 cm³/mol. The highest BCUT2D eigenvalue weighted by atomic mass is 19.1. The summed E-state index contributed by atoms with van der Waals surface area (Å²) >= 11 is 0. The molecule has 6 rings (SSSR count). The van der Waals surface area contributed by atoms with Gasteiger partial charge in [-0.05, 0) is 67.6 Å². The molecular weight excluding hydrogens is 393 g/mol. The van der Waals surface area contributed by atoms with E-state index in [4.69, 9.17) is 4.52 Å². The van der Waals surface area contributed by atoms with Crippen molar-refractivity contribution in [2.24, 2.45) is 0 Å². The van der Waals surface area contributed by atoms with E-state index >= 15 is 0 Å². The molecule has 0 spiro atoms. The van der Waals surface area contributed by atoms with E-state index < -0.39 is 0 Å². The van der Waals surface area contributed by atoms with Crippen molar-refractivity contribution in [3.63, 3.8) is 0 Å². The van der Waals surface area contributed by atoms with Gasteiger partial charge >= 0.3 is 0 Å². The normalized spacial score (nSPS) is 24.0. The minimum absolute atomic E-state index is 0.0621. The van der Waals surface area contributed by atoms with Crippen LogP contribution in [0.4, 0.5) is 4.39 Å². The first kappa shape index (κ1) is 18.7. The van der Waals surface area contributed by atoms with Crippen LogP contribution in [0.5, 0.6) is 0 Å². The number of halogens is 1. The van der Waals surface area contributed by atoms with Gasteiger partial charge in [-0.25, -0.2) is 9.37 Å².